The van der Waals surface area contributed by atoms with Crippen molar-refractivity contribution < 1.29 is 9.53 Å². The van der Waals surface area contributed by atoms with Crippen LogP contribution >= 0.6 is 0 Å². The van der Waals surface area contributed by atoms with Gasteiger partial charge in [0.05, 0.1) is 25.4 Å². The molecule has 0 radical (unpaired) electrons. The number of carbonyl (C=O) groups is 1. The van der Waals surface area contributed by atoms with Crippen molar-refractivity contribution in [1.29, 1.82) is 0 Å². The van der Waals surface area contributed by atoms with Crippen molar-refractivity contribution in [2.24, 2.45) is 0 Å². The lowest BCUT2D eigenvalue weighted by molar-refractivity contribution is -0.117. The summed E-state index contributed by atoms with van der Waals surface area (Å²) in [6.45, 7) is 6.84. The summed E-state index contributed by atoms with van der Waals surface area (Å²) >= 11 is 0. The van der Waals surface area contributed by atoms with E-state index in [1.165, 1.54) is 11.9 Å². The standard InChI is InChI=1S/C24H30N6O2/c1-19(21-5-9-23(10-6-21)30-18-25-17-26-30)28(2)16-24(31)27-22-7-3-20(4-8-22)15-29-11-13-32-14-12-29/h3-10,17-19H,11-16H2,1-2H3,(H,27,31)/t19-/m0/s1. The molecule has 1 aromatic heterocycles. The highest BCUT2D eigenvalue weighted by Crippen LogP contribution is 2.20. The minimum atomic E-state index is -0.0282. The quantitative estimate of drug-likeness (QED) is 0.588. The van der Waals surface area contributed by atoms with Crippen LogP contribution in [0.25, 0.3) is 5.69 Å². The van der Waals surface area contributed by atoms with E-state index in [9.17, 15) is 4.79 Å². The molecule has 0 aliphatic carbocycles. The van der Waals surface area contributed by atoms with E-state index in [1.54, 1.807) is 11.0 Å². The van der Waals surface area contributed by atoms with Crippen LogP contribution in [-0.4, -0.2) is 70.4 Å². The molecule has 4 rings (SSSR count). The lowest BCUT2D eigenvalue weighted by Crippen LogP contribution is -2.35. The number of anilines is 1. The summed E-state index contributed by atoms with van der Waals surface area (Å²) in [5.74, 6) is -0.0282. The summed E-state index contributed by atoms with van der Waals surface area (Å²) in [6.07, 6.45) is 3.19. The lowest BCUT2D eigenvalue weighted by Gasteiger charge is -2.26. The molecule has 1 amide bonds. The lowest BCUT2D eigenvalue weighted by atomic mass is 10.1. The maximum atomic E-state index is 12.6. The summed E-state index contributed by atoms with van der Waals surface area (Å²) in [5.41, 5.74) is 4.15. The van der Waals surface area contributed by atoms with Crippen molar-refractivity contribution in [2.75, 3.05) is 45.2 Å². The minimum Gasteiger partial charge on any atom is -0.379 e. The highest BCUT2D eigenvalue weighted by atomic mass is 16.5. The first-order valence-corrected chi connectivity index (χ1v) is 10.9. The van der Waals surface area contributed by atoms with Gasteiger partial charge in [-0.1, -0.05) is 24.3 Å². The summed E-state index contributed by atoms with van der Waals surface area (Å²) in [6, 6.07) is 16.3. The number of rotatable bonds is 8. The molecule has 168 valence electrons. The van der Waals surface area contributed by atoms with Gasteiger partial charge in [0.15, 0.2) is 0 Å². The molecule has 0 spiro atoms. The second-order valence-corrected chi connectivity index (χ2v) is 8.16. The molecular formula is C24H30N6O2. The van der Waals surface area contributed by atoms with Crippen LogP contribution in [0.3, 0.4) is 0 Å². The van der Waals surface area contributed by atoms with Crippen molar-refractivity contribution >= 4 is 11.6 Å². The topological polar surface area (TPSA) is 75.5 Å². The van der Waals surface area contributed by atoms with Gasteiger partial charge in [0.1, 0.15) is 12.7 Å². The zero-order valence-corrected chi connectivity index (χ0v) is 18.6. The third kappa shape index (κ3) is 5.79. The smallest absolute Gasteiger partial charge is 0.238 e. The number of aromatic nitrogens is 3. The Bertz CT molecular complexity index is 982. The Morgan fingerprint density at radius 1 is 1.12 bits per heavy atom. The molecule has 1 aliphatic heterocycles. The molecule has 1 aliphatic rings. The second kappa shape index (κ2) is 10.5. The second-order valence-electron chi connectivity index (χ2n) is 8.16. The van der Waals surface area contributed by atoms with Gasteiger partial charge < -0.3 is 10.1 Å². The van der Waals surface area contributed by atoms with Gasteiger partial charge in [0.25, 0.3) is 0 Å². The van der Waals surface area contributed by atoms with Crippen LogP contribution in [0.15, 0.2) is 61.2 Å². The van der Waals surface area contributed by atoms with Crippen LogP contribution in [0.4, 0.5) is 5.69 Å². The first kappa shape index (κ1) is 22.1. The minimum absolute atomic E-state index is 0.0282. The highest BCUT2D eigenvalue weighted by molar-refractivity contribution is 5.92. The number of morpholine rings is 1. The number of likely N-dealkylation sites (N-methyl/N-ethyl adjacent to an activating group) is 1. The number of hydrogen-bond donors (Lipinski definition) is 1. The van der Waals surface area contributed by atoms with Crippen LogP contribution in [0.1, 0.15) is 24.1 Å². The molecule has 1 saturated heterocycles. The average Bonchev–Trinajstić information content (AvgIpc) is 3.36. The molecular weight excluding hydrogens is 404 g/mol. The molecule has 2 aromatic carbocycles. The maximum absolute atomic E-state index is 12.6. The fraction of sp³-hybridized carbons (Fsp3) is 0.375. The normalized spacial score (nSPS) is 15.6. The predicted octanol–water partition coefficient (Wildman–Crippen LogP) is 2.73. The fourth-order valence-corrected chi connectivity index (χ4v) is 3.78. The van der Waals surface area contributed by atoms with E-state index in [0.717, 1.165) is 49.8 Å². The number of nitrogens with zero attached hydrogens (tertiary/aromatic N) is 5. The fourth-order valence-electron chi connectivity index (χ4n) is 3.78. The number of amides is 1. The molecule has 1 atom stereocenters. The van der Waals surface area contributed by atoms with E-state index in [1.807, 2.05) is 36.2 Å². The largest absolute Gasteiger partial charge is 0.379 e. The van der Waals surface area contributed by atoms with E-state index >= 15 is 0 Å². The summed E-state index contributed by atoms with van der Waals surface area (Å²) in [5, 5.41) is 7.15. The monoisotopic (exact) mass is 434 g/mol. The first-order valence-electron chi connectivity index (χ1n) is 10.9. The number of nitrogens with one attached hydrogen (secondary N) is 1. The number of ether oxygens (including phenoxy) is 1. The molecule has 3 aromatic rings. The van der Waals surface area contributed by atoms with Crippen LogP contribution < -0.4 is 5.32 Å². The van der Waals surface area contributed by atoms with Crippen molar-refractivity contribution in [2.45, 2.75) is 19.5 Å². The Morgan fingerprint density at radius 2 is 1.84 bits per heavy atom. The Labute approximate surface area is 188 Å². The van der Waals surface area contributed by atoms with Crippen molar-refractivity contribution in [3.63, 3.8) is 0 Å². The Hall–Kier alpha value is -3.07. The van der Waals surface area contributed by atoms with Gasteiger partial charge in [-0.2, -0.15) is 5.10 Å². The first-order chi connectivity index (χ1) is 15.6. The van der Waals surface area contributed by atoms with Crippen LogP contribution in [-0.2, 0) is 16.1 Å². The molecule has 8 heteroatoms. The van der Waals surface area contributed by atoms with Crippen molar-refractivity contribution in [3.05, 3.63) is 72.3 Å². The van der Waals surface area contributed by atoms with Crippen molar-refractivity contribution in [3.8, 4) is 5.69 Å². The van der Waals surface area contributed by atoms with Crippen LogP contribution in [0.5, 0.6) is 0 Å². The molecule has 0 saturated carbocycles. The van der Waals surface area contributed by atoms with Crippen LogP contribution in [0.2, 0.25) is 0 Å². The Morgan fingerprint density at radius 3 is 2.50 bits per heavy atom. The average molecular weight is 435 g/mol. The molecule has 1 N–H and O–H groups in total. The van der Waals surface area contributed by atoms with Gasteiger partial charge in [-0.25, -0.2) is 9.67 Å². The van der Waals surface area contributed by atoms with Gasteiger partial charge in [0.2, 0.25) is 5.91 Å². The van der Waals surface area contributed by atoms with E-state index in [4.69, 9.17) is 4.74 Å². The predicted molar refractivity (Wildman–Crippen MR) is 124 cm³/mol. The third-order valence-corrected chi connectivity index (χ3v) is 5.86. The molecule has 0 bridgehead atoms. The molecule has 8 nitrogen and oxygen atoms in total. The number of benzene rings is 2. The maximum Gasteiger partial charge on any atom is 0.238 e. The number of carbonyl (C=O) groups excluding carboxylic acids is 1. The SMILES string of the molecule is C[C@@H](c1ccc(-n2cncn2)cc1)N(C)CC(=O)Nc1ccc(CN2CCOCC2)cc1. The van der Waals surface area contributed by atoms with Gasteiger partial charge in [-0.3, -0.25) is 14.6 Å². The van der Waals surface area contributed by atoms with Gasteiger partial charge in [0, 0.05) is 31.4 Å². The molecule has 1 fully saturated rings. The van der Waals surface area contributed by atoms with Gasteiger partial charge in [-0.15, -0.1) is 0 Å². The van der Waals surface area contributed by atoms with E-state index in [0.29, 0.717) is 6.54 Å². The summed E-state index contributed by atoms with van der Waals surface area (Å²) in [7, 11) is 1.96. The van der Waals surface area contributed by atoms with Crippen LogP contribution in [0, 0.1) is 0 Å². The Kier molecular flexibility index (Phi) is 7.26. The zero-order chi connectivity index (χ0) is 22.3. The third-order valence-electron chi connectivity index (χ3n) is 5.86. The van der Waals surface area contributed by atoms with Gasteiger partial charge >= 0.3 is 0 Å². The summed E-state index contributed by atoms with van der Waals surface area (Å²) < 4.78 is 7.12. The summed E-state index contributed by atoms with van der Waals surface area (Å²) in [4.78, 5) is 21.0. The van der Waals surface area contributed by atoms with E-state index in [2.05, 4.69) is 51.5 Å². The van der Waals surface area contributed by atoms with E-state index in [-0.39, 0.29) is 11.9 Å². The van der Waals surface area contributed by atoms with Crippen molar-refractivity contribution in [1.82, 2.24) is 24.6 Å². The molecule has 32 heavy (non-hydrogen) atoms. The Balaban J connectivity index is 1.27. The molecule has 2 heterocycles. The molecule has 0 unspecified atom stereocenters. The number of hydrogen-bond acceptors (Lipinski definition) is 6. The zero-order valence-electron chi connectivity index (χ0n) is 18.6. The van der Waals surface area contributed by atoms with E-state index < -0.39 is 0 Å². The highest BCUT2D eigenvalue weighted by Gasteiger charge is 2.16. The van der Waals surface area contributed by atoms with Gasteiger partial charge in [-0.05, 0) is 49.4 Å².